The first-order valence-corrected chi connectivity index (χ1v) is 6.12. The van der Waals surface area contributed by atoms with Gasteiger partial charge in [-0.25, -0.2) is 0 Å². The zero-order valence-corrected chi connectivity index (χ0v) is 11.1. The fourth-order valence-corrected chi connectivity index (χ4v) is 1.87. The number of hydrogen-bond acceptors (Lipinski definition) is 4. The number of ether oxygens (including phenoxy) is 1. The third kappa shape index (κ3) is 5.52. The number of carboxylic acids is 1. The van der Waals surface area contributed by atoms with E-state index < -0.39 is 12.0 Å². The third-order valence-electron chi connectivity index (χ3n) is 2.73. The first-order valence-electron chi connectivity index (χ1n) is 6.12. The molecule has 2 atom stereocenters. The Morgan fingerprint density at radius 1 is 1.32 bits per heavy atom. The van der Waals surface area contributed by atoms with Gasteiger partial charge in [-0.3, -0.25) is 9.59 Å². The standard InChI is InChI=1S/C14H19NO4/c1-10(8-13(16)17)15-12(14(18)19-2)9-11-6-4-3-5-7-11/h3-7,10,12,15H,8-9H2,1-2H3,(H,16,17). The van der Waals surface area contributed by atoms with Gasteiger partial charge in [0.15, 0.2) is 0 Å². The maximum absolute atomic E-state index is 11.7. The minimum Gasteiger partial charge on any atom is -0.481 e. The second-order valence-electron chi connectivity index (χ2n) is 4.43. The lowest BCUT2D eigenvalue weighted by Crippen LogP contribution is -2.44. The normalized spacial score (nSPS) is 13.6. The van der Waals surface area contributed by atoms with Crippen LogP contribution in [0.1, 0.15) is 18.9 Å². The van der Waals surface area contributed by atoms with Gasteiger partial charge < -0.3 is 15.2 Å². The van der Waals surface area contributed by atoms with Crippen LogP contribution in [0.5, 0.6) is 0 Å². The molecule has 1 aromatic rings. The van der Waals surface area contributed by atoms with Crippen LogP contribution in [0, 0.1) is 0 Å². The quantitative estimate of drug-likeness (QED) is 0.725. The number of aliphatic carboxylic acids is 1. The molecule has 104 valence electrons. The van der Waals surface area contributed by atoms with E-state index in [0.717, 1.165) is 5.56 Å². The summed E-state index contributed by atoms with van der Waals surface area (Å²) in [5.41, 5.74) is 0.993. The van der Waals surface area contributed by atoms with Gasteiger partial charge in [0, 0.05) is 6.04 Å². The number of benzene rings is 1. The van der Waals surface area contributed by atoms with Crippen LogP contribution in [-0.2, 0) is 20.7 Å². The van der Waals surface area contributed by atoms with E-state index in [1.54, 1.807) is 6.92 Å². The molecule has 0 aliphatic carbocycles. The molecule has 0 heterocycles. The molecule has 0 saturated heterocycles. The smallest absolute Gasteiger partial charge is 0.323 e. The maximum atomic E-state index is 11.7. The van der Waals surface area contributed by atoms with Crippen molar-refractivity contribution < 1.29 is 19.4 Å². The first kappa shape index (κ1) is 15.2. The monoisotopic (exact) mass is 265 g/mol. The van der Waals surface area contributed by atoms with E-state index in [9.17, 15) is 9.59 Å². The number of esters is 1. The number of carbonyl (C=O) groups is 2. The molecule has 5 heteroatoms. The predicted molar refractivity (Wildman–Crippen MR) is 70.8 cm³/mol. The second-order valence-corrected chi connectivity index (χ2v) is 4.43. The Morgan fingerprint density at radius 3 is 2.47 bits per heavy atom. The van der Waals surface area contributed by atoms with Crippen LogP contribution in [-0.4, -0.2) is 36.2 Å². The number of rotatable bonds is 7. The summed E-state index contributed by atoms with van der Waals surface area (Å²) in [4.78, 5) is 22.3. The van der Waals surface area contributed by atoms with Gasteiger partial charge in [-0.2, -0.15) is 0 Å². The summed E-state index contributed by atoms with van der Waals surface area (Å²) in [6, 6.07) is 8.68. The summed E-state index contributed by atoms with van der Waals surface area (Å²) >= 11 is 0. The van der Waals surface area contributed by atoms with Crippen LogP contribution in [0.2, 0.25) is 0 Å². The Bertz CT molecular complexity index is 419. The zero-order chi connectivity index (χ0) is 14.3. The Labute approximate surface area is 112 Å². The van der Waals surface area contributed by atoms with E-state index in [4.69, 9.17) is 9.84 Å². The van der Waals surface area contributed by atoms with Crippen LogP contribution >= 0.6 is 0 Å². The van der Waals surface area contributed by atoms with Crippen LogP contribution in [0.15, 0.2) is 30.3 Å². The summed E-state index contributed by atoms with van der Waals surface area (Å²) in [5, 5.41) is 11.7. The van der Waals surface area contributed by atoms with E-state index in [1.165, 1.54) is 7.11 Å². The summed E-state index contributed by atoms with van der Waals surface area (Å²) in [6.07, 6.45) is 0.430. The molecule has 0 amide bonds. The minimum absolute atomic E-state index is 0.0394. The summed E-state index contributed by atoms with van der Waals surface area (Å²) in [6.45, 7) is 1.73. The molecule has 0 aromatic heterocycles. The topological polar surface area (TPSA) is 75.6 Å². The molecule has 2 unspecified atom stereocenters. The largest absolute Gasteiger partial charge is 0.481 e. The van der Waals surface area contributed by atoms with Crippen LogP contribution in [0.3, 0.4) is 0 Å². The Kier molecular flexibility index (Phi) is 6.02. The molecule has 0 fully saturated rings. The molecule has 2 N–H and O–H groups in total. The Hall–Kier alpha value is -1.88. The summed E-state index contributed by atoms with van der Waals surface area (Å²) in [7, 11) is 1.32. The SMILES string of the molecule is COC(=O)C(Cc1ccccc1)NC(C)CC(=O)O. The van der Waals surface area contributed by atoms with Crippen molar-refractivity contribution in [2.24, 2.45) is 0 Å². The molecule has 0 radical (unpaired) electrons. The van der Waals surface area contributed by atoms with E-state index in [-0.39, 0.29) is 18.4 Å². The molecule has 5 nitrogen and oxygen atoms in total. The van der Waals surface area contributed by atoms with Crippen LogP contribution in [0.4, 0.5) is 0 Å². The highest BCUT2D eigenvalue weighted by Crippen LogP contribution is 2.06. The van der Waals surface area contributed by atoms with E-state index >= 15 is 0 Å². The summed E-state index contributed by atoms with van der Waals surface area (Å²) in [5.74, 6) is -1.29. The average Bonchev–Trinajstić information content (AvgIpc) is 2.37. The highest BCUT2D eigenvalue weighted by molar-refractivity contribution is 5.76. The molecule has 0 bridgehead atoms. The highest BCUT2D eigenvalue weighted by atomic mass is 16.5. The lowest BCUT2D eigenvalue weighted by Gasteiger charge is -2.20. The zero-order valence-electron chi connectivity index (χ0n) is 11.1. The van der Waals surface area contributed by atoms with Gasteiger partial charge in [0.25, 0.3) is 0 Å². The molecular weight excluding hydrogens is 246 g/mol. The van der Waals surface area contributed by atoms with Gasteiger partial charge in [0.1, 0.15) is 6.04 Å². The number of carboxylic acid groups (broad SMARTS) is 1. The molecule has 1 aromatic carbocycles. The fraction of sp³-hybridized carbons (Fsp3) is 0.429. The molecule has 0 aliphatic rings. The molecule has 0 aliphatic heterocycles. The number of methoxy groups -OCH3 is 1. The highest BCUT2D eigenvalue weighted by Gasteiger charge is 2.22. The van der Waals surface area contributed by atoms with E-state index in [0.29, 0.717) is 6.42 Å². The van der Waals surface area contributed by atoms with Crippen LogP contribution < -0.4 is 5.32 Å². The van der Waals surface area contributed by atoms with Gasteiger partial charge in [0.2, 0.25) is 0 Å². The van der Waals surface area contributed by atoms with Crippen molar-refractivity contribution >= 4 is 11.9 Å². The number of carbonyl (C=O) groups excluding carboxylic acids is 1. The van der Waals surface area contributed by atoms with Crippen LogP contribution in [0.25, 0.3) is 0 Å². The van der Waals surface area contributed by atoms with Gasteiger partial charge in [0.05, 0.1) is 13.5 Å². The first-order chi connectivity index (χ1) is 9.02. The van der Waals surface area contributed by atoms with Gasteiger partial charge in [-0.1, -0.05) is 30.3 Å². The van der Waals surface area contributed by atoms with Crippen molar-refractivity contribution in [3.63, 3.8) is 0 Å². The molecule has 0 saturated carbocycles. The third-order valence-corrected chi connectivity index (χ3v) is 2.73. The number of hydrogen-bond donors (Lipinski definition) is 2. The average molecular weight is 265 g/mol. The van der Waals surface area contributed by atoms with E-state index in [2.05, 4.69) is 5.32 Å². The lowest BCUT2D eigenvalue weighted by molar-refractivity contribution is -0.144. The Balaban J connectivity index is 2.67. The van der Waals surface area contributed by atoms with Crippen molar-refractivity contribution in [3.05, 3.63) is 35.9 Å². The molecular formula is C14H19NO4. The number of nitrogens with one attached hydrogen (secondary N) is 1. The van der Waals surface area contributed by atoms with Crippen molar-refractivity contribution in [3.8, 4) is 0 Å². The van der Waals surface area contributed by atoms with Crippen molar-refractivity contribution in [1.29, 1.82) is 0 Å². The van der Waals surface area contributed by atoms with Crippen molar-refractivity contribution in [2.75, 3.05) is 7.11 Å². The molecule has 1 rings (SSSR count). The van der Waals surface area contributed by atoms with Gasteiger partial charge in [-0.15, -0.1) is 0 Å². The predicted octanol–water partition coefficient (Wildman–Crippen LogP) is 1.22. The second kappa shape index (κ2) is 7.53. The van der Waals surface area contributed by atoms with Gasteiger partial charge in [-0.05, 0) is 18.9 Å². The van der Waals surface area contributed by atoms with Crippen molar-refractivity contribution in [1.82, 2.24) is 5.32 Å². The van der Waals surface area contributed by atoms with Gasteiger partial charge >= 0.3 is 11.9 Å². The molecule has 19 heavy (non-hydrogen) atoms. The van der Waals surface area contributed by atoms with Crippen molar-refractivity contribution in [2.45, 2.75) is 31.8 Å². The molecule has 0 spiro atoms. The lowest BCUT2D eigenvalue weighted by atomic mass is 10.0. The summed E-state index contributed by atoms with van der Waals surface area (Å²) < 4.78 is 4.74. The Morgan fingerprint density at radius 2 is 1.95 bits per heavy atom. The minimum atomic E-state index is -0.900. The fourth-order valence-electron chi connectivity index (χ4n) is 1.87. The maximum Gasteiger partial charge on any atom is 0.323 e. The van der Waals surface area contributed by atoms with E-state index in [1.807, 2.05) is 30.3 Å².